The Morgan fingerprint density at radius 1 is 1.58 bits per heavy atom. The number of hydrogen-bond donors (Lipinski definition) is 2. The molecular formula is C13H19BrN2O3. The van der Waals surface area contributed by atoms with Crippen molar-refractivity contribution in [3.63, 3.8) is 0 Å². The first-order valence-corrected chi connectivity index (χ1v) is 6.74. The molecule has 0 saturated heterocycles. The van der Waals surface area contributed by atoms with Crippen molar-refractivity contribution in [1.29, 1.82) is 0 Å². The molecule has 2 N–H and O–H groups in total. The highest BCUT2D eigenvalue weighted by Gasteiger charge is 2.14. The Labute approximate surface area is 121 Å². The topological polar surface area (TPSA) is 61.8 Å². The Balaban J connectivity index is 2.70. The number of rotatable bonds is 5. The molecule has 19 heavy (non-hydrogen) atoms. The highest BCUT2D eigenvalue weighted by Crippen LogP contribution is 2.27. The van der Waals surface area contributed by atoms with Crippen molar-refractivity contribution in [2.75, 3.05) is 27.3 Å². The lowest BCUT2D eigenvalue weighted by molar-refractivity contribution is 0.188. The van der Waals surface area contributed by atoms with Crippen LogP contribution in [-0.4, -0.2) is 43.3 Å². The van der Waals surface area contributed by atoms with Gasteiger partial charge in [-0.25, -0.2) is 4.79 Å². The summed E-state index contributed by atoms with van der Waals surface area (Å²) in [7, 11) is 3.25. The molecule has 0 aliphatic carbocycles. The third kappa shape index (κ3) is 4.40. The van der Waals surface area contributed by atoms with Crippen LogP contribution >= 0.6 is 15.9 Å². The molecule has 0 aliphatic heterocycles. The van der Waals surface area contributed by atoms with Gasteiger partial charge in [-0.05, 0) is 40.5 Å². The SMILES string of the molecule is COc1ccc(C(C)NC(=O)N(C)CCO)cc1Br. The van der Waals surface area contributed by atoms with E-state index in [0.29, 0.717) is 6.54 Å². The second-order valence-electron chi connectivity index (χ2n) is 4.21. The molecule has 0 fully saturated rings. The third-order valence-corrected chi connectivity index (χ3v) is 3.42. The van der Waals surface area contributed by atoms with E-state index in [9.17, 15) is 4.79 Å². The first kappa shape index (κ1) is 15.8. The van der Waals surface area contributed by atoms with Gasteiger partial charge in [0.1, 0.15) is 5.75 Å². The maximum Gasteiger partial charge on any atom is 0.317 e. The average Bonchev–Trinajstić information content (AvgIpc) is 2.38. The Kier molecular flexibility index (Phi) is 6.11. The summed E-state index contributed by atoms with van der Waals surface area (Å²) < 4.78 is 6.01. The number of aliphatic hydroxyl groups is 1. The van der Waals surface area contributed by atoms with Crippen LogP contribution in [0.3, 0.4) is 0 Å². The van der Waals surface area contributed by atoms with Crippen LogP contribution < -0.4 is 10.1 Å². The molecule has 0 aliphatic rings. The quantitative estimate of drug-likeness (QED) is 0.869. The van der Waals surface area contributed by atoms with Crippen LogP contribution in [0.4, 0.5) is 4.79 Å². The molecule has 5 nitrogen and oxygen atoms in total. The summed E-state index contributed by atoms with van der Waals surface area (Å²) >= 11 is 3.41. The van der Waals surface area contributed by atoms with Gasteiger partial charge in [0.05, 0.1) is 24.2 Å². The number of aliphatic hydroxyl groups excluding tert-OH is 1. The lowest BCUT2D eigenvalue weighted by Crippen LogP contribution is -2.39. The van der Waals surface area contributed by atoms with Gasteiger partial charge in [-0.3, -0.25) is 0 Å². The highest BCUT2D eigenvalue weighted by atomic mass is 79.9. The van der Waals surface area contributed by atoms with Crippen LogP contribution in [0.1, 0.15) is 18.5 Å². The molecule has 1 aromatic carbocycles. The van der Waals surface area contributed by atoms with E-state index < -0.39 is 0 Å². The van der Waals surface area contributed by atoms with Gasteiger partial charge in [-0.1, -0.05) is 6.07 Å². The summed E-state index contributed by atoms with van der Waals surface area (Å²) in [5.74, 6) is 0.750. The van der Waals surface area contributed by atoms with Crippen molar-refractivity contribution >= 4 is 22.0 Å². The predicted molar refractivity (Wildman–Crippen MR) is 77.4 cm³/mol. The van der Waals surface area contributed by atoms with E-state index in [1.807, 2.05) is 25.1 Å². The molecule has 0 spiro atoms. The number of methoxy groups -OCH3 is 1. The number of carbonyl (C=O) groups excluding carboxylic acids is 1. The van der Waals surface area contributed by atoms with Crippen LogP contribution in [0.25, 0.3) is 0 Å². The van der Waals surface area contributed by atoms with Crippen molar-refractivity contribution in [3.05, 3.63) is 28.2 Å². The summed E-state index contributed by atoms with van der Waals surface area (Å²) in [6.45, 7) is 2.16. The van der Waals surface area contributed by atoms with Crippen molar-refractivity contribution in [3.8, 4) is 5.75 Å². The van der Waals surface area contributed by atoms with E-state index >= 15 is 0 Å². The average molecular weight is 331 g/mol. The number of ether oxygens (including phenoxy) is 1. The first-order chi connectivity index (χ1) is 8.99. The number of nitrogens with one attached hydrogen (secondary N) is 1. The zero-order chi connectivity index (χ0) is 14.4. The van der Waals surface area contributed by atoms with Crippen LogP contribution in [0.2, 0.25) is 0 Å². The summed E-state index contributed by atoms with van der Waals surface area (Å²) in [5.41, 5.74) is 0.971. The fourth-order valence-corrected chi connectivity index (χ4v) is 2.14. The van der Waals surface area contributed by atoms with E-state index in [4.69, 9.17) is 9.84 Å². The number of likely N-dealkylation sites (N-methyl/N-ethyl adjacent to an activating group) is 1. The normalized spacial score (nSPS) is 11.8. The van der Waals surface area contributed by atoms with E-state index in [0.717, 1.165) is 15.8 Å². The number of halogens is 1. The number of urea groups is 1. The van der Waals surface area contributed by atoms with Crippen molar-refractivity contribution in [2.24, 2.45) is 0 Å². The molecule has 106 valence electrons. The zero-order valence-corrected chi connectivity index (χ0v) is 12.9. The molecule has 0 radical (unpaired) electrons. The van der Waals surface area contributed by atoms with Gasteiger partial charge >= 0.3 is 6.03 Å². The molecule has 1 unspecified atom stereocenters. The lowest BCUT2D eigenvalue weighted by Gasteiger charge is -2.21. The second kappa shape index (κ2) is 7.35. The minimum Gasteiger partial charge on any atom is -0.496 e. The molecule has 0 heterocycles. The molecule has 0 aromatic heterocycles. The first-order valence-electron chi connectivity index (χ1n) is 5.95. The highest BCUT2D eigenvalue weighted by molar-refractivity contribution is 9.10. The Bertz CT molecular complexity index is 440. The molecule has 2 amide bonds. The van der Waals surface area contributed by atoms with E-state index in [2.05, 4.69) is 21.2 Å². The van der Waals surface area contributed by atoms with Gasteiger partial charge in [-0.2, -0.15) is 0 Å². The van der Waals surface area contributed by atoms with Gasteiger partial charge < -0.3 is 20.1 Å². The monoisotopic (exact) mass is 330 g/mol. The molecule has 0 saturated carbocycles. The van der Waals surface area contributed by atoms with Crippen LogP contribution in [0.15, 0.2) is 22.7 Å². The van der Waals surface area contributed by atoms with E-state index in [-0.39, 0.29) is 18.7 Å². The molecule has 1 aromatic rings. The third-order valence-electron chi connectivity index (χ3n) is 2.80. The fraction of sp³-hybridized carbons (Fsp3) is 0.462. The Morgan fingerprint density at radius 2 is 2.26 bits per heavy atom. The Morgan fingerprint density at radius 3 is 2.79 bits per heavy atom. The molecular weight excluding hydrogens is 312 g/mol. The standard InChI is InChI=1S/C13H19BrN2O3/c1-9(15-13(18)16(2)6-7-17)10-4-5-12(19-3)11(14)8-10/h4-5,8-9,17H,6-7H2,1-3H3,(H,15,18). The van der Waals surface area contributed by atoms with Crippen LogP contribution in [0, 0.1) is 0 Å². The van der Waals surface area contributed by atoms with Crippen molar-refractivity contribution in [1.82, 2.24) is 10.2 Å². The summed E-state index contributed by atoms with van der Waals surface area (Å²) in [6.07, 6.45) is 0. The number of carbonyl (C=O) groups is 1. The lowest BCUT2D eigenvalue weighted by atomic mass is 10.1. The van der Waals surface area contributed by atoms with Crippen LogP contribution in [0.5, 0.6) is 5.75 Å². The second-order valence-corrected chi connectivity index (χ2v) is 5.06. The number of amides is 2. The minimum absolute atomic E-state index is 0.0492. The van der Waals surface area contributed by atoms with Crippen molar-refractivity contribution < 1.29 is 14.6 Å². The van der Waals surface area contributed by atoms with Crippen molar-refractivity contribution in [2.45, 2.75) is 13.0 Å². The van der Waals surface area contributed by atoms with E-state index in [1.165, 1.54) is 4.90 Å². The Hall–Kier alpha value is -1.27. The predicted octanol–water partition coefficient (Wildman–Crippen LogP) is 2.15. The zero-order valence-electron chi connectivity index (χ0n) is 11.3. The summed E-state index contributed by atoms with van der Waals surface area (Å²) in [5, 5.41) is 11.6. The fourth-order valence-electron chi connectivity index (χ4n) is 1.58. The summed E-state index contributed by atoms with van der Waals surface area (Å²) in [6, 6.07) is 5.32. The maximum absolute atomic E-state index is 11.8. The molecule has 1 rings (SSSR count). The largest absolute Gasteiger partial charge is 0.496 e. The number of benzene rings is 1. The number of nitrogens with zero attached hydrogens (tertiary/aromatic N) is 1. The molecule has 6 heteroatoms. The van der Waals surface area contributed by atoms with Gasteiger partial charge in [0.15, 0.2) is 0 Å². The summed E-state index contributed by atoms with van der Waals surface area (Å²) in [4.78, 5) is 13.2. The minimum atomic E-state index is -0.214. The van der Waals surface area contributed by atoms with Gasteiger partial charge in [0.25, 0.3) is 0 Å². The molecule has 1 atom stereocenters. The van der Waals surface area contributed by atoms with Crippen LogP contribution in [-0.2, 0) is 0 Å². The smallest absolute Gasteiger partial charge is 0.317 e. The van der Waals surface area contributed by atoms with Gasteiger partial charge in [-0.15, -0.1) is 0 Å². The molecule has 0 bridgehead atoms. The van der Waals surface area contributed by atoms with E-state index in [1.54, 1.807) is 14.2 Å². The van der Waals surface area contributed by atoms with Gasteiger partial charge in [0, 0.05) is 13.6 Å². The number of hydrogen-bond acceptors (Lipinski definition) is 3. The van der Waals surface area contributed by atoms with Gasteiger partial charge in [0.2, 0.25) is 0 Å². The maximum atomic E-state index is 11.8.